The number of benzene rings is 1. The third-order valence-electron chi connectivity index (χ3n) is 5.72. The topological polar surface area (TPSA) is 46.6 Å². The molecule has 0 aromatic heterocycles. The van der Waals surface area contributed by atoms with Gasteiger partial charge in [0.05, 0.1) is 16.2 Å². The van der Waals surface area contributed by atoms with Crippen molar-refractivity contribution in [2.24, 2.45) is 5.92 Å². The van der Waals surface area contributed by atoms with Crippen LogP contribution in [0, 0.1) is 12.8 Å². The van der Waals surface area contributed by atoms with Gasteiger partial charge in [-0.05, 0) is 81.9 Å². The van der Waals surface area contributed by atoms with Crippen LogP contribution in [0.25, 0.3) is 0 Å². The van der Waals surface area contributed by atoms with E-state index in [2.05, 4.69) is 32.6 Å². The molecule has 1 radical (unpaired) electrons. The molecule has 1 saturated heterocycles. The van der Waals surface area contributed by atoms with Gasteiger partial charge >= 0.3 is 0 Å². The number of sulfone groups is 1. The van der Waals surface area contributed by atoms with Crippen molar-refractivity contribution in [2.45, 2.75) is 68.9 Å². The Hall–Kier alpha value is -1.07. The summed E-state index contributed by atoms with van der Waals surface area (Å²) in [6.07, 6.45) is 5.07. The van der Waals surface area contributed by atoms with Gasteiger partial charge in [-0.1, -0.05) is 34.1 Å². The summed E-state index contributed by atoms with van der Waals surface area (Å²) in [5, 5.41) is 0. The average molecular weight is 395 g/mol. The van der Waals surface area contributed by atoms with E-state index in [1.807, 2.05) is 0 Å². The Balaban J connectivity index is 2.07. The van der Waals surface area contributed by atoms with Gasteiger partial charge in [-0.2, -0.15) is 0 Å². The number of hydrogen-bond acceptors (Lipinski definition) is 4. The Labute approximate surface area is 166 Å². The molecule has 0 unspecified atom stereocenters. The quantitative estimate of drug-likeness (QED) is 0.575. The summed E-state index contributed by atoms with van der Waals surface area (Å²) in [7, 11) is -3.41. The molecule has 5 heteroatoms. The summed E-state index contributed by atoms with van der Waals surface area (Å²) in [5.74, 6) is 1.32. The normalized spacial score (nSPS) is 18.0. The van der Waals surface area contributed by atoms with Crippen molar-refractivity contribution in [2.75, 3.05) is 26.2 Å². The molecule has 1 aliphatic heterocycles. The molecule has 153 valence electrons. The van der Waals surface area contributed by atoms with Crippen molar-refractivity contribution < 1.29 is 13.2 Å². The van der Waals surface area contributed by atoms with Gasteiger partial charge in [-0.3, -0.25) is 0 Å². The first-order chi connectivity index (χ1) is 12.8. The standard InChI is InChI=1S/C22H36NO3S/c1-5-7-15-23-16-13-22(6-2,14-17-23)27(24,25)21-10-8-20(9-11-21)26-18-12-19(3)4/h8-11,19H,2,5-7,12-18H2,1,3-4H3. The number of likely N-dealkylation sites (tertiary alicyclic amines) is 1. The molecule has 0 bridgehead atoms. The summed E-state index contributed by atoms with van der Waals surface area (Å²) in [6, 6.07) is 6.95. The fourth-order valence-corrected chi connectivity index (χ4v) is 5.58. The Morgan fingerprint density at radius 2 is 1.81 bits per heavy atom. The predicted molar refractivity (Wildman–Crippen MR) is 112 cm³/mol. The second-order valence-electron chi connectivity index (χ2n) is 8.13. The highest BCUT2D eigenvalue weighted by atomic mass is 32.2. The summed E-state index contributed by atoms with van der Waals surface area (Å²) >= 11 is 0. The van der Waals surface area contributed by atoms with Gasteiger partial charge in [-0.25, -0.2) is 8.42 Å². The first kappa shape index (κ1) is 22.2. The molecular formula is C22H36NO3S. The van der Waals surface area contributed by atoms with Crippen molar-refractivity contribution in [3.8, 4) is 5.75 Å². The van der Waals surface area contributed by atoms with Crippen molar-refractivity contribution in [3.05, 3.63) is 31.2 Å². The Morgan fingerprint density at radius 1 is 1.19 bits per heavy atom. The lowest BCUT2D eigenvalue weighted by atomic mass is 9.93. The SMILES string of the molecule is [CH2]CC1(S(=O)(=O)c2ccc(OCCC(C)C)cc2)CCN(CCCC)CC1. The van der Waals surface area contributed by atoms with E-state index in [9.17, 15) is 8.42 Å². The Bertz CT molecular complexity index is 659. The van der Waals surface area contributed by atoms with Crippen molar-refractivity contribution >= 4 is 9.84 Å². The first-order valence-corrected chi connectivity index (χ1v) is 11.8. The van der Waals surface area contributed by atoms with E-state index < -0.39 is 14.6 Å². The summed E-state index contributed by atoms with van der Waals surface area (Å²) in [6.45, 7) is 13.9. The maximum Gasteiger partial charge on any atom is 0.184 e. The van der Waals surface area contributed by atoms with Crippen LogP contribution in [-0.4, -0.2) is 44.3 Å². The Kier molecular flexibility index (Phi) is 8.17. The molecule has 4 nitrogen and oxygen atoms in total. The lowest BCUT2D eigenvalue weighted by molar-refractivity contribution is 0.193. The summed E-state index contributed by atoms with van der Waals surface area (Å²) in [5.41, 5.74) is 0. The number of ether oxygens (including phenoxy) is 1. The van der Waals surface area contributed by atoms with Crippen LogP contribution in [0.3, 0.4) is 0 Å². The van der Waals surface area contributed by atoms with E-state index in [-0.39, 0.29) is 0 Å². The molecule has 1 aliphatic rings. The molecule has 1 aromatic rings. The molecule has 0 spiro atoms. The third-order valence-corrected chi connectivity index (χ3v) is 8.36. The largest absolute Gasteiger partial charge is 0.494 e. The highest BCUT2D eigenvalue weighted by Gasteiger charge is 2.45. The lowest BCUT2D eigenvalue weighted by Crippen LogP contribution is -2.49. The fourth-order valence-electron chi connectivity index (χ4n) is 3.60. The van der Waals surface area contributed by atoms with E-state index in [1.165, 1.54) is 12.8 Å². The minimum atomic E-state index is -3.41. The van der Waals surface area contributed by atoms with Crippen LogP contribution >= 0.6 is 0 Å². The van der Waals surface area contributed by atoms with E-state index in [0.29, 0.717) is 36.7 Å². The van der Waals surface area contributed by atoms with Gasteiger partial charge in [0, 0.05) is 0 Å². The maximum atomic E-state index is 13.4. The lowest BCUT2D eigenvalue weighted by Gasteiger charge is -2.40. The van der Waals surface area contributed by atoms with E-state index in [4.69, 9.17) is 4.74 Å². The zero-order chi connectivity index (χ0) is 19.9. The minimum Gasteiger partial charge on any atom is -0.494 e. The molecule has 1 aromatic carbocycles. The molecule has 1 fully saturated rings. The predicted octanol–water partition coefficient (Wildman–Crippen LogP) is 4.74. The molecule has 27 heavy (non-hydrogen) atoms. The summed E-state index contributed by atoms with van der Waals surface area (Å²) < 4.78 is 31.7. The highest BCUT2D eigenvalue weighted by molar-refractivity contribution is 7.92. The Morgan fingerprint density at radius 3 is 2.33 bits per heavy atom. The monoisotopic (exact) mass is 394 g/mol. The molecule has 1 heterocycles. The third kappa shape index (κ3) is 5.47. The zero-order valence-corrected chi connectivity index (χ0v) is 18.1. The first-order valence-electron chi connectivity index (χ1n) is 10.3. The van der Waals surface area contributed by atoms with Gasteiger partial charge < -0.3 is 9.64 Å². The summed E-state index contributed by atoms with van der Waals surface area (Å²) in [4.78, 5) is 2.78. The molecule has 0 aliphatic carbocycles. The smallest absolute Gasteiger partial charge is 0.184 e. The molecule has 0 atom stereocenters. The van der Waals surface area contributed by atoms with Gasteiger partial charge in [0.1, 0.15) is 5.75 Å². The van der Waals surface area contributed by atoms with Crippen LogP contribution in [0.1, 0.15) is 59.3 Å². The molecule has 0 saturated carbocycles. The van der Waals surface area contributed by atoms with Gasteiger partial charge in [0.15, 0.2) is 9.84 Å². The van der Waals surface area contributed by atoms with Crippen molar-refractivity contribution in [3.63, 3.8) is 0 Å². The minimum absolute atomic E-state index is 0.393. The average Bonchev–Trinajstić information content (AvgIpc) is 2.66. The number of piperidine rings is 1. The van der Waals surface area contributed by atoms with Crippen LogP contribution < -0.4 is 4.74 Å². The molecule has 0 N–H and O–H groups in total. The molecule has 0 amide bonds. The van der Waals surface area contributed by atoms with Crippen LogP contribution in [0.2, 0.25) is 0 Å². The van der Waals surface area contributed by atoms with Crippen LogP contribution in [0.5, 0.6) is 5.75 Å². The van der Waals surface area contributed by atoms with Crippen molar-refractivity contribution in [1.29, 1.82) is 0 Å². The van der Waals surface area contributed by atoms with Gasteiger partial charge in [0.2, 0.25) is 0 Å². The van der Waals surface area contributed by atoms with Gasteiger partial charge in [0.25, 0.3) is 0 Å². The van der Waals surface area contributed by atoms with Crippen molar-refractivity contribution in [1.82, 2.24) is 4.90 Å². The van der Waals surface area contributed by atoms with E-state index in [1.54, 1.807) is 24.3 Å². The van der Waals surface area contributed by atoms with E-state index >= 15 is 0 Å². The second kappa shape index (κ2) is 9.92. The van der Waals surface area contributed by atoms with Crippen LogP contribution in [0.15, 0.2) is 29.2 Å². The zero-order valence-electron chi connectivity index (χ0n) is 17.2. The van der Waals surface area contributed by atoms with Crippen LogP contribution in [-0.2, 0) is 9.84 Å². The second-order valence-corrected chi connectivity index (χ2v) is 10.5. The highest BCUT2D eigenvalue weighted by Crippen LogP contribution is 2.38. The van der Waals surface area contributed by atoms with Crippen LogP contribution in [0.4, 0.5) is 0 Å². The molecular weight excluding hydrogens is 358 g/mol. The fraction of sp³-hybridized carbons (Fsp3) is 0.682. The van der Waals surface area contributed by atoms with E-state index in [0.717, 1.165) is 31.8 Å². The number of nitrogens with zero attached hydrogens (tertiary/aromatic N) is 1. The number of unbranched alkanes of at least 4 members (excludes halogenated alkanes) is 1. The van der Waals surface area contributed by atoms with Gasteiger partial charge in [-0.15, -0.1) is 0 Å². The molecule has 2 rings (SSSR count). The number of rotatable bonds is 10. The number of hydrogen-bond donors (Lipinski definition) is 0. The maximum absolute atomic E-state index is 13.4.